The zero-order valence-electron chi connectivity index (χ0n) is 11.3. The van der Waals surface area contributed by atoms with Crippen LogP contribution in [0.15, 0.2) is 0 Å². The minimum Gasteiger partial charge on any atom is -0.393 e. The van der Waals surface area contributed by atoms with E-state index >= 15 is 0 Å². The Morgan fingerprint density at radius 1 is 0.688 bits per heavy atom. The molecule has 0 aliphatic carbocycles. The van der Waals surface area contributed by atoms with Crippen LogP contribution in [-0.4, -0.2) is 22.4 Å². The predicted molar refractivity (Wildman–Crippen MR) is 69.5 cm³/mol. The number of rotatable bonds is 10. The number of hydrogen-bond acceptors (Lipinski definition) is 2. The van der Waals surface area contributed by atoms with Crippen LogP contribution >= 0.6 is 0 Å². The van der Waals surface area contributed by atoms with Gasteiger partial charge in [-0.25, -0.2) is 0 Å². The van der Waals surface area contributed by atoms with Gasteiger partial charge in [0.25, 0.3) is 0 Å². The Balaban J connectivity index is 3.83. The van der Waals surface area contributed by atoms with E-state index in [-0.39, 0.29) is 12.2 Å². The maximum atomic E-state index is 9.91. The Kier molecular flexibility index (Phi) is 10.0. The molecule has 0 bridgehead atoms. The summed E-state index contributed by atoms with van der Waals surface area (Å²) in [6, 6.07) is 0. The second kappa shape index (κ2) is 10.1. The maximum absolute atomic E-state index is 9.91. The van der Waals surface area contributed by atoms with E-state index in [1.807, 2.05) is 0 Å². The molecular weight excluding hydrogens is 200 g/mol. The second-order valence-electron chi connectivity index (χ2n) is 5.01. The van der Waals surface area contributed by atoms with Crippen LogP contribution in [0, 0.1) is 5.92 Å². The summed E-state index contributed by atoms with van der Waals surface area (Å²) in [7, 11) is 0. The van der Waals surface area contributed by atoms with Crippen molar-refractivity contribution in [1.29, 1.82) is 0 Å². The van der Waals surface area contributed by atoms with E-state index in [1.54, 1.807) is 0 Å². The average molecular weight is 230 g/mol. The van der Waals surface area contributed by atoms with E-state index in [1.165, 1.54) is 25.7 Å². The predicted octanol–water partition coefficient (Wildman–Crippen LogP) is 3.50. The molecule has 16 heavy (non-hydrogen) atoms. The van der Waals surface area contributed by atoms with Crippen LogP contribution in [0.5, 0.6) is 0 Å². The van der Waals surface area contributed by atoms with Gasteiger partial charge in [0.15, 0.2) is 0 Å². The Hall–Kier alpha value is -0.0800. The molecule has 0 aromatic carbocycles. The van der Waals surface area contributed by atoms with Crippen molar-refractivity contribution in [2.24, 2.45) is 5.92 Å². The molecule has 0 saturated heterocycles. The first-order chi connectivity index (χ1) is 7.63. The van der Waals surface area contributed by atoms with E-state index in [0.29, 0.717) is 12.3 Å². The lowest BCUT2D eigenvalue weighted by molar-refractivity contribution is 0.0589. The van der Waals surface area contributed by atoms with Gasteiger partial charge in [-0.15, -0.1) is 0 Å². The molecule has 2 unspecified atom stereocenters. The van der Waals surface area contributed by atoms with E-state index < -0.39 is 0 Å². The molecule has 0 aliphatic rings. The normalized spacial score (nSPS) is 15.4. The van der Waals surface area contributed by atoms with Gasteiger partial charge in [0.05, 0.1) is 12.2 Å². The average Bonchev–Trinajstić information content (AvgIpc) is 2.18. The first-order valence-electron chi connectivity index (χ1n) is 7.00. The summed E-state index contributed by atoms with van der Waals surface area (Å²) in [5.41, 5.74) is 0. The molecule has 0 radical (unpaired) electrons. The molecule has 2 atom stereocenters. The Labute approximate surface area is 101 Å². The standard InChI is InChI=1S/C14H30O2/c1-4-7-12(8-5-2)10-14(16)11-13(15)9-6-3/h12-16H,4-11H2,1-3H3. The summed E-state index contributed by atoms with van der Waals surface area (Å²) in [5.74, 6) is 0.638. The lowest BCUT2D eigenvalue weighted by Gasteiger charge is -2.21. The lowest BCUT2D eigenvalue weighted by Crippen LogP contribution is -2.20. The van der Waals surface area contributed by atoms with Crippen LogP contribution < -0.4 is 0 Å². The monoisotopic (exact) mass is 230 g/mol. The molecule has 2 N–H and O–H groups in total. The molecule has 0 rings (SSSR count). The summed E-state index contributed by atoms with van der Waals surface area (Å²) in [4.78, 5) is 0. The molecule has 2 nitrogen and oxygen atoms in total. The Bertz CT molecular complexity index is 142. The molecule has 0 aromatic heterocycles. The third kappa shape index (κ3) is 8.12. The minimum absolute atomic E-state index is 0.315. The van der Waals surface area contributed by atoms with E-state index in [4.69, 9.17) is 0 Å². The molecule has 0 saturated carbocycles. The van der Waals surface area contributed by atoms with Crippen molar-refractivity contribution >= 4 is 0 Å². The van der Waals surface area contributed by atoms with Gasteiger partial charge in [-0.05, 0) is 25.2 Å². The molecule has 98 valence electrons. The smallest absolute Gasteiger partial charge is 0.0567 e. The lowest BCUT2D eigenvalue weighted by atomic mass is 9.90. The minimum atomic E-state index is -0.316. The molecule has 0 amide bonds. The Morgan fingerprint density at radius 2 is 1.19 bits per heavy atom. The highest BCUT2D eigenvalue weighted by Crippen LogP contribution is 2.21. The molecule has 0 fully saturated rings. The summed E-state index contributed by atoms with van der Waals surface area (Å²) in [6.45, 7) is 6.45. The highest BCUT2D eigenvalue weighted by Gasteiger charge is 2.16. The highest BCUT2D eigenvalue weighted by molar-refractivity contribution is 4.68. The van der Waals surface area contributed by atoms with Gasteiger partial charge in [0.2, 0.25) is 0 Å². The van der Waals surface area contributed by atoms with Crippen LogP contribution in [0.4, 0.5) is 0 Å². The van der Waals surface area contributed by atoms with Crippen molar-refractivity contribution in [1.82, 2.24) is 0 Å². The van der Waals surface area contributed by atoms with Gasteiger partial charge in [-0.2, -0.15) is 0 Å². The molecule has 0 aliphatic heterocycles. The largest absolute Gasteiger partial charge is 0.393 e. The van der Waals surface area contributed by atoms with Crippen LogP contribution in [0.2, 0.25) is 0 Å². The summed E-state index contributed by atoms with van der Waals surface area (Å²) < 4.78 is 0. The van der Waals surface area contributed by atoms with Gasteiger partial charge >= 0.3 is 0 Å². The van der Waals surface area contributed by atoms with E-state index in [9.17, 15) is 10.2 Å². The third-order valence-electron chi connectivity index (χ3n) is 3.17. The number of aliphatic hydroxyl groups is 2. The van der Waals surface area contributed by atoms with E-state index in [2.05, 4.69) is 20.8 Å². The van der Waals surface area contributed by atoms with Gasteiger partial charge in [0.1, 0.15) is 0 Å². The maximum Gasteiger partial charge on any atom is 0.0567 e. The van der Waals surface area contributed by atoms with Gasteiger partial charge in [-0.1, -0.05) is 52.9 Å². The topological polar surface area (TPSA) is 40.5 Å². The van der Waals surface area contributed by atoms with E-state index in [0.717, 1.165) is 19.3 Å². The van der Waals surface area contributed by atoms with Crippen molar-refractivity contribution in [3.05, 3.63) is 0 Å². The van der Waals surface area contributed by atoms with Crippen molar-refractivity contribution in [2.45, 2.75) is 84.3 Å². The third-order valence-corrected chi connectivity index (χ3v) is 3.17. The zero-order chi connectivity index (χ0) is 12.4. The fourth-order valence-corrected chi connectivity index (χ4v) is 2.44. The van der Waals surface area contributed by atoms with Gasteiger partial charge in [0, 0.05) is 0 Å². The Morgan fingerprint density at radius 3 is 1.62 bits per heavy atom. The SMILES string of the molecule is CCCC(O)CC(O)CC(CCC)CCC. The first kappa shape index (κ1) is 15.9. The van der Waals surface area contributed by atoms with Crippen LogP contribution in [0.3, 0.4) is 0 Å². The summed E-state index contributed by atoms with van der Waals surface area (Å²) >= 11 is 0. The second-order valence-corrected chi connectivity index (χ2v) is 5.01. The molecule has 0 aromatic rings. The quantitative estimate of drug-likeness (QED) is 0.603. The van der Waals surface area contributed by atoms with Crippen molar-refractivity contribution in [3.8, 4) is 0 Å². The first-order valence-corrected chi connectivity index (χ1v) is 7.00. The van der Waals surface area contributed by atoms with Gasteiger partial charge < -0.3 is 10.2 Å². The highest BCUT2D eigenvalue weighted by atomic mass is 16.3. The van der Waals surface area contributed by atoms with Crippen LogP contribution in [0.25, 0.3) is 0 Å². The van der Waals surface area contributed by atoms with Gasteiger partial charge in [-0.3, -0.25) is 0 Å². The fourth-order valence-electron chi connectivity index (χ4n) is 2.44. The number of hydrogen-bond donors (Lipinski definition) is 2. The molecule has 0 heterocycles. The molecular formula is C14H30O2. The fraction of sp³-hybridized carbons (Fsp3) is 1.00. The van der Waals surface area contributed by atoms with Crippen molar-refractivity contribution < 1.29 is 10.2 Å². The van der Waals surface area contributed by atoms with Crippen LogP contribution in [-0.2, 0) is 0 Å². The summed E-state index contributed by atoms with van der Waals surface area (Å²) in [5, 5.41) is 19.5. The zero-order valence-corrected chi connectivity index (χ0v) is 11.3. The summed E-state index contributed by atoms with van der Waals surface area (Å²) in [6.07, 6.45) is 7.37. The van der Waals surface area contributed by atoms with Crippen molar-refractivity contribution in [2.75, 3.05) is 0 Å². The van der Waals surface area contributed by atoms with Crippen molar-refractivity contribution in [3.63, 3.8) is 0 Å². The molecule has 0 spiro atoms. The van der Waals surface area contributed by atoms with Crippen LogP contribution in [0.1, 0.15) is 72.1 Å². The molecule has 2 heteroatoms. The number of aliphatic hydroxyl groups excluding tert-OH is 2.